The van der Waals surface area contributed by atoms with Crippen molar-refractivity contribution in [1.82, 2.24) is 9.97 Å². The highest BCUT2D eigenvalue weighted by atomic mass is 32.2. The number of anilines is 2. The summed E-state index contributed by atoms with van der Waals surface area (Å²) in [6.07, 6.45) is 6.17. The van der Waals surface area contributed by atoms with Crippen LogP contribution in [0.2, 0.25) is 0 Å². The molecule has 3 N–H and O–H groups in total. The van der Waals surface area contributed by atoms with Crippen LogP contribution in [0, 0.1) is 0 Å². The van der Waals surface area contributed by atoms with Crippen LogP contribution in [-0.2, 0) is 9.84 Å². The molecule has 0 aliphatic heterocycles. The Balaban J connectivity index is 2.82. The van der Waals surface area contributed by atoms with Crippen molar-refractivity contribution in [3.05, 3.63) is 6.20 Å². The number of nitrogens with zero attached hydrogens (tertiary/aromatic N) is 2. The highest BCUT2D eigenvalue weighted by Gasteiger charge is 2.15. The number of unbranched alkanes of at least 4 members (excludes halogenated alkanes) is 1. The number of sulfone groups is 1. The van der Waals surface area contributed by atoms with Crippen LogP contribution < -0.4 is 15.8 Å². The van der Waals surface area contributed by atoms with Crippen molar-refractivity contribution in [1.29, 1.82) is 0 Å². The molecule has 0 aromatic carbocycles. The summed E-state index contributed by atoms with van der Waals surface area (Å²) >= 11 is 0. The zero-order valence-electron chi connectivity index (χ0n) is 12.8. The van der Waals surface area contributed by atoms with Crippen molar-refractivity contribution in [3.8, 4) is 5.75 Å². The monoisotopic (exact) mass is 316 g/mol. The standard InChI is InChI=1S/C13H24N4O3S/c1-4-5-6-10(7-8-21(3,18)19)16-12-11(20-2)9-15-13(14)17-12/h9-10H,4-8H2,1-3H3,(H3,14,15,16,17)/t10-/m0/s1. The summed E-state index contributed by atoms with van der Waals surface area (Å²) in [5.74, 6) is 1.28. The fourth-order valence-corrected chi connectivity index (χ4v) is 2.64. The summed E-state index contributed by atoms with van der Waals surface area (Å²) in [6.45, 7) is 2.09. The highest BCUT2D eigenvalue weighted by molar-refractivity contribution is 7.90. The van der Waals surface area contributed by atoms with Crippen molar-refractivity contribution in [3.63, 3.8) is 0 Å². The van der Waals surface area contributed by atoms with Crippen molar-refractivity contribution in [2.45, 2.75) is 38.6 Å². The summed E-state index contributed by atoms with van der Waals surface area (Å²) in [7, 11) is -1.46. The fraction of sp³-hybridized carbons (Fsp3) is 0.692. The average molecular weight is 316 g/mol. The minimum atomic E-state index is -2.99. The van der Waals surface area contributed by atoms with E-state index in [1.165, 1.54) is 19.6 Å². The van der Waals surface area contributed by atoms with Gasteiger partial charge in [0.2, 0.25) is 5.95 Å². The lowest BCUT2D eigenvalue weighted by atomic mass is 10.1. The molecule has 1 rings (SSSR count). The van der Waals surface area contributed by atoms with E-state index in [9.17, 15) is 8.42 Å². The van der Waals surface area contributed by atoms with Crippen LogP contribution in [0.15, 0.2) is 6.20 Å². The van der Waals surface area contributed by atoms with E-state index in [2.05, 4.69) is 22.2 Å². The van der Waals surface area contributed by atoms with Crippen LogP contribution in [0.1, 0.15) is 32.6 Å². The van der Waals surface area contributed by atoms with E-state index in [0.717, 1.165) is 19.3 Å². The highest BCUT2D eigenvalue weighted by Crippen LogP contribution is 2.23. The lowest BCUT2D eigenvalue weighted by Gasteiger charge is -2.20. The van der Waals surface area contributed by atoms with E-state index in [0.29, 0.717) is 18.0 Å². The molecule has 0 unspecified atom stereocenters. The van der Waals surface area contributed by atoms with E-state index >= 15 is 0 Å². The average Bonchev–Trinajstić information content (AvgIpc) is 2.41. The minimum absolute atomic E-state index is 0.00266. The molecule has 1 heterocycles. The Kier molecular flexibility index (Phi) is 6.67. The van der Waals surface area contributed by atoms with Crippen molar-refractivity contribution in [2.75, 3.05) is 30.2 Å². The molecule has 1 atom stereocenters. The predicted molar refractivity (Wildman–Crippen MR) is 84.3 cm³/mol. The van der Waals surface area contributed by atoms with Crippen LogP contribution >= 0.6 is 0 Å². The number of rotatable bonds is 9. The van der Waals surface area contributed by atoms with Gasteiger partial charge in [0.25, 0.3) is 0 Å². The van der Waals surface area contributed by atoms with Gasteiger partial charge in [-0.1, -0.05) is 19.8 Å². The zero-order chi connectivity index (χ0) is 15.9. The third-order valence-electron chi connectivity index (χ3n) is 3.08. The Labute approximate surface area is 126 Å². The molecule has 0 fully saturated rings. The van der Waals surface area contributed by atoms with Gasteiger partial charge in [-0.3, -0.25) is 0 Å². The van der Waals surface area contributed by atoms with Crippen LogP contribution in [0.3, 0.4) is 0 Å². The maximum atomic E-state index is 11.3. The summed E-state index contributed by atoms with van der Waals surface area (Å²) in [5.41, 5.74) is 5.59. The van der Waals surface area contributed by atoms with Gasteiger partial charge >= 0.3 is 0 Å². The molecule has 0 bridgehead atoms. The number of aromatic nitrogens is 2. The first-order valence-electron chi connectivity index (χ1n) is 6.96. The molecule has 1 aromatic heterocycles. The third-order valence-corrected chi connectivity index (χ3v) is 4.06. The van der Waals surface area contributed by atoms with Gasteiger partial charge in [-0.05, 0) is 12.8 Å². The zero-order valence-corrected chi connectivity index (χ0v) is 13.6. The van der Waals surface area contributed by atoms with E-state index in [1.54, 1.807) is 0 Å². The maximum Gasteiger partial charge on any atom is 0.222 e. The second-order valence-electron chi connectivity index (χ2n) is 5.05. The normalized spacial score (nSPS) is 12.9. The predicted octanol–water partition coefficient (Wildman–Crippen LogP) is 1.47. The van der Waals surface area contributed by atoms with Crippen molar-refractivity contribution in [2.24, 2.45) is 0 Å². The molecule has 0 aliphatic rings. The quantitative estimate of drug-likeness (QED) is 0.710. The molecule has 0 saturated carbocycles. The van der Waals surface area contributed by atoms with Crippen molar-refractivity contribution < 1.29 is 13.2 Å². The lowest BCUT2D eigenvalue weighted by Crippen LogP contribution is -2.24. The SMILES string of the molecule is CCCC[C@@H](CCS(C)(=O)=O)Nc1nc(N)ncc1OC. The summed E-state index contributed by atoms with van der Waals surface area (Å²) < 4.78 is 27.9. The molecule has 8 heteroatoms. The second-order valence-corrected chi connectivity index (χ2v) is 7.31. The van der Waals surface area contributed by atoms with Gasteiger partial charge in [-0.25, -0.2) is 13.4 Å². The topological polar surface area (TPSA) is 107 Å². The molecule has 7 nitrogen and oxygen atoms in total. The molecule has 0 saturated heterocycles. The smallest absolute Gasteiger partial charge is 0.222 e. The molecule has 21 heavy (non-hydrogen) atoms. The molecular weight excluding hydrogens is 292 g/mol. The number of hydrogen-bond donors (Lipinski definition) is 2. The van der Waals surface area contributed by atoms with E-state index < -0.39 is 9.84 Å². The summed E-state index contributed by atoms with van der Waals surface area (Å²) in [6, 6.07) is 0.00266. The van der Waals surface area contributed by atoms with Crippen LogP contribution in [0.25, 0.3) is 0 Å². The first-order valence-corrected chi connectivity index (χ1v) is 9.02. The first kappa shape index (κ1) is 17.5. The van der Waals surface area contributed by atoms with Crippen LogP contribution in [0.5, 0.6) is 5.75 Å². The minimum Gasteiger partial charge on any atom is -0.491 e. The Morgan fingerprint density at radius 2 is 2.14 bits per heavy atom. The van der Waals surface area contributed by atoms with Gasteiger partial charge in [-0.2, -0.15) is 4.98 Å². The molecule has 0 amide bonds. The number of nitrogens with one attached hydrogen (secondary N) is 1. The lowest BCUT2D eigenvalue weighted by molar-refractivity contribution is 0.411. The Bertz CT molecular complexity index is 548. The molecule has 0 radical (unpaired) electrons. The van der Waals surface area contributed by atoms with Crippen molar-refractivity contribution >= 4 is 21.6 Å². The molecule has 1 aromatic rings. The second kappa shape index (κ2) is 8.02. The van der Waals surface area contributed by atoms with Gasteiger partial charge in [-0.15, -0.1) is 0 Å². The van der Waals surface area contributed by atoms with E-state index in [4.69, 9.17) is 10.5 Å². The Morgan fingerprint density at radius 3 is 2.71 bits per heavy atom. The van der Waals surface area contributed by atoms with Gasteiger partial charge in [0.15, 0.2) is 11.6 Å². The number of ether oxygens (including phenoxy) is 1. The fourth-order valence-electron chi connectivity index (χ4n) is 1.93. The van der Waals surface area contributed by atoms with Gasteiger partial charge in [0, 0.05) is 12.3 Å². The largest absolute Gasteiger partial charge is 0.491 e. The third kappa shape index (κ3) is 6.61. The van der Waals surface area contributed by atoms with E-state index in [-0.39, 0.29) is 17.7 Å². The molecule has 120 valence electrons. The first-order chi connectivity index (χ1) is 9.85. The number of nitrogens with two attached hydrogens (primary N) is 1. The maximum absolute atomic E-state index is 11.3. The van der Waals surface area contributed by atoms with Gasteiger partial charge < -0.3 is 15.8 Å². The van der Waals surface area contributed by atoms with E-state index in [1.807, 2.05) is 0 Å². The Morgan fingerprint density at radius 1 is 1.43 bits per heavy atom. The number of hydrogen-bond acceptors (Lipinski definition) is 7. The molecule has 0 aliphatic carbocycles. The summed E-state index contributed by atoms with van der Waals surface area (Å²) in [4.78, 5) is 7.99. The number of nitrogen functional groups attached to an aromatic ring is 1. The molecular formula is C13H24N4O3S. The molecule has 0 spiro atoms. The van der Waals surface area contributed by atoms with Gasteiger partial charge in [0.05, 0.1) is 19.1 Å². The van der Waals surface area contributed by atoms with Crippen LogP contribution in [0.4, 0.5) is 11.8 Å². The Hall–Kier alpha value is -1.57. The number of methoxy groups -OCH3 is 1. The summed E-state index contributed by atoms with van der Waals surface area (Å²) in [5, 5.41) is 3.23. The van der Waals surface area contributed by atoms with Crippen LogP contribution in [-0.4, -0.2) is 43.5 Å². The van der Waals surface area contributed by atoms with Gasteiger partial charge in [0.1, 0.15) is 9.84 Å².